The second-order valence-corrected chi connectivity index (χ2v) is 7.60. The first-order valence-electron chi connectivity index (χ1n) is 10.2. The molecule has 4 aromatic rings. The van der Waals surface area contributed by atoms with E-state index in [-0.39, 0.29) is 24.3 Å². The van der Waals surface area contributed by atoms with Crippen LogP contribution in [0, 0.1) is 6.92 Å². The average molecular weight is 438 g/mol. The molecule has 1 aliphatic rings. The van der Waals surface area contributed by atoms with E-state index in [9.17, 15) is 14.4 Å². The summed E-state index contributed by atoms with van der Waals surface area (Å²) >= 11 is 0. The van der Waals surface area contributed by atoms with E-state index >= 15 is 0 Å². The largest absolute Gasteiger partial charge is 0.322 e. The lowest BCUT2D eigenvalue weighted by Gasteiger charge is -2.15. The SMILES string of the molecule is Cc1c(NC(=O)c2cccc(CN3C(=O)c4ccccc4C3=O)c2)cccc1-n1cnnn1. The van der Waals surface area contributed by atoms with Crippen LogP contribution < -0.4 is 5.32 Å². The minimum atomic E-state index is -0.333. The molecule has 3 aromatic carbocycles. The van der Waals surface area contributed by atoms with Crippen molar-refractivity contribution in [2.24, 2.45) is 0 Å². The number of aromatic nitrogens is 4. The average Bonchev–Trinajstić information content (AvgIpc) is 3.45. The molecular weight excluding hydrogens is 420 g/mol. The van der Waals surface area contributed by atoms with Crippen LogP contribution in [0.25, 0.3) is 5.69 Å². The molecule has 0 radical (unpaired) electrons. The normalized spacial score (nSPS) is 12.7. The van der Waals surface area contributed by atoms with Crippen molar-refractivity contribution in [1.29, 1.82) is 0 Å². The predicted molar refractivity (Wildman–Crippen MR) is 119 cm³/mol. The summed E-state index contributed by atoms with van der Waals surface area (Å²) in [6, 6.07) is 19.1. The molecule has 0 saturated heterocycles. The molecule has 5 rings (SSSR count). The monoisotopic (exact) mass is 438 g/mol. The number of hydrogen-bond donors (Lipinski definition) is 1. The number of imide groups is 1. The van der Waals surface area contributed by atoms with Gasteiger partial charge in [-0.2, -0.15) is 0 Å². The smallest absolute Gasteiger partial charge is 0.261 e. The molecule has 0 unspecified atom stereocenters. The molecule has 3 amide bonds. The quantitative estimate of drug-likeness (QED) is 0.480. The zero-order chi connectivity index (χ0) is 22.9. The van der Waals surface area contributed by atoms with Gasteiger partial charge in [0.2, 0.25) is 0 Å². The number of carbonyl (C=O) groups is 3. The van der Waals surface area contributed by atoms with Crippen LogP contribution >= 0.6 is 0 Å². The molecule has 0 atom stereocenters. The lowest BCUT2D eigenvalue weighted by Crippen LogP contribution is -2.29. The van der Waals surface area contributed by atoms with Crippen molar-refractivity contribution >= 4 is 23.4 Å². The number of amides is 3. The summed E-state index contributed by atoms with van der Waals surface area (Å²) < 4.78 is 1.52. The molecule has 1 aliphatic heterocycles. The number of nitrogens with one attached hydrogen (secondary N) is 1. The Morgan fingerprint density at radius 2 is 1.67 bits per heavy atom. The number of anilines is 1. The van der Waals surface area contributed by atoms with Crippen molar-refractivity contribution in [3.63, 3.8) is 0 Å². The van der Waals surface area contributed by atoms with Gasteiger partial charge in [0.25, 0.3) is 17.7 Å². The van der Waals surface area contributed by atoms with E-state index in [1.807, 2.05) is 13.0 Å². The van der Waals surface area contributed by atoms with Gasteiger partial charge >= 0.3 is 0 Å². The molecule has 9 heteroatoms. The van der Waals surface area contributed by atoms with Crippen LogP contribution in [0.3, 0.4) is 0 Å². The molecule has 2 heterocycles. The summed E-state index contributed by atoms with van der Waals surface area (Å²) in [7, 11) is 0. The number of rotatable bonds is 5. The molecule has 0 fully saturated rings. The summed E-state index contributed by atoms with van der Waals surface area (Å²) in [4.78, 5) is 39.4. The minimum absolute atomic E-state index is 0.0846. The second kappa shape index (κ2) is 8.12. The molecule has 0 bridgehead atoms. The molecule has 0 aliphatic carbocycles. The van der Waals surface area contributed by atoms with Crippen molar-refractivity contribution in [3.8, 4) is 5.69 Å². The van der Waals surface area contributed by atoms with Crippen LogP contribution in [-0.4, -0.2) is 42.8 Å². The number of carbonyl (C=O) groups excluding carboxylic acids is 3. The van der Waals surface area contributed by atoms with Gasteiger partial charge in [0, 0.05) is 11.3 Å². The fourth-order valence-electron chi connectivity index (χ4n) is 3.85. The van der Waals surface area contributed by atoms with E-state index in [4.69, 9.17) is 0 Å². The van der Waals surface area contributed by atoms with Gasteiger partial charge in [-0.1, -0.05) is 30.3 Å². The Kier molecular flexibility index (Phi) is 4.98. The zero-order valence-electron chi connectivity index (χ0n) is 17.6. The molecule has 162 valence electrons. The van der Waals surface area contributed by atoms with Crippen LogP contribution in [0.4, 0.5) is 5.69 Å². The summed E-state index contributed by atoms with van der Waals surface area (Å²) in [5.74, 6) is -0.975. The molecule has 0 saturated carbocycles. The molecule has 1 N–H and O–H groups in total. The summed E-state index contributed by atoms with van der Waals surface area (Å²) in [5.41, 5.74) is 4.06. The first-order chi connectivity index (χ1) is 16.0. The van der Waals surface area contributed by atoms with Crippen LogP contribution in [0.2, 0.25) is 0 Å². The van der Waals surface area contributed by atoms with Crippen molar-refractivity contribution in [3.05, 3.63) is 101 Å². The number of nitrogens with zero attached hydrogens (tertiary/aromatic N) is 5. The highest BCUT2D eigenvalue weighted by atomic mass is 16.2. The van der Waals surface area contributed by atoms with Crippen molar-refractivity contribution in [1.82, 2.24) is 25.1 Å². The van der Waals surface area contributed by atoms with Gasteiger partial charge in [0.1, 0.15) is 6.33 Å². The second-order valence-electron chi connectivity index (χ2n) is 7.60. The minimum Gasteiger partial charge on any atom is -0.322 e. The Balaban J connectivity index is 1.35. The van der Waals surface area contributed by atoms with Gasteiger partial charge in [0.15, 0.2) is 0 Å². The maximum atomic E-state index is 13.0. The lowest BCUT2D eigenvalue weighted by molar-refractivity contribution is 0.0642. The highest BCUT2D eigenvalue weighted by molar-refractivity contribution is 6.21. The number of fused-ring (bicyclic) bond motifs is 1. The van der Waals surface area contributed by atoms with E-state index in [2.05, 4.69) is 20.8 Å². The Morgan fingerprint density at radius 3 is 2.36 bits per heavy atom. The predicted octanol–water partition coefficient (Wildman–Crippen LogP) is 3.02. The first kappa shape index (κ1) is 20.3. The van der Waals surface area contributed by atoms with Crippen LogP contribution in [0.1, 0.15) is 42.2 Å². The summed E-state index contributed by atoms with van der Waals surface area (Å²) in [5, 5.41) is 14.1. The highest BCUT2D eigenvalue weighted by Crippen LogP contribution is 2.25. The standard InChI is InChI=1S/C24H18N6O3/c1-15-20(10-5-11-21(15)30-14-25-27-28-30)26-22(31)17-7-4-6-16(12-17)13-29-23(32)18-8-2-3-9-19(18)24(29)33/h2-12,14H,13H2,1H3,(H,26,31). The Labute approximate surface area is 188 Å². The van der Waals surface area contributed by atoms with E-state index in [1.54, 1.807) is 60.7 Å². The Hall–Kier alpha value is -4.66. The lowest BCUT2D eigenvalue weighted by atomic mass is 10.1. The van der Waals surface area contributed by atoms with Gasteiger partial charge in [0.05, 0.1) is 23.4 Å². The number of benzene rings is 3. The summed E-state index contributed by atoms with van der Waals surface area (Å²) in [6.45, 7) is 1.95. The number of hydrogen-bond acceptors (Lipinski definition) is 6. The highest BCUT2D eigenvalue weighted by Gasteiger charge is 2.35. The molecule has 1 aromatic heterocycles. The molecule has 0 spiro atoms. The van der Waals surface area contributed by atoms with Crippen molar-refractivity contribution in [2.45, 2.75) is 13.5 Å². The molecule has 33 heavy (non-hydrogen) atoms. The van der Waals surface area contributed by atoms with Gasteiger partial charge in [-0.3, -0.25) is 19.3 Å². The van der Waals surface area contributed by atoms with Crippen molar-refractivity contribution in [2.75, 3.05) is 5.32 Å². The maximum absolute atomic E-state index is 13.0. The van der Waals surface area contributed by atoms with E-state index in [1.165, 1.54) is 15.9 Å². The fourth-order valence-corrected chi connectivity index (χ4v) is 3.85. The van der Waals surface area contributed by atoms with E-state index in [0.717, 1.165) is 11.3 Å². The topological polar surface area (TPSA) is 110 Å². The van der Waals surface area contributed by atoms with E-state index in [0.29, 0.717) is 27.9 Å². The van der Waals surface area contributed by atoms with E-state index < -0.39 is 0 Å². The van der Waals surface area contributed by atoms with Gasteiger partial charge in [-0.05, 0) is 64.9 Å². The van der Waals surface area contributed by atoms with Crippen LogP contribution in [-0.2, 0) is 6.54 Å². The zero-order valence-corrected chi connectivity index (χ0v) is 17.6. The van der Waals surface area contributed by atoms with Crippen LogP contribution in [0.5, 0.6) is 0 Å². The third kappa shape index (κ3) is 3.65. The molecule has 9 nitrogen and oxygen atoms in total. The maximum Gasteiger partial charge on any atom is 0.261 e. The third-order valence-corrected chi connectivity index (χ3v) is 5.56. The molecular formula is C24H18N6O3. The Bertz CT molecular complexity index is 1360. The van der Waals surface area contributed by atoms with Crippen LogP contribution in [0.15, 0.2) is 73.1 Å². The number of tetrazole rings is 1. The van der Waals surface area contributed by atoms with Gasteiger partial charge in [-0.15, -0.1) is 5.10 Å². The third-order valence-electron chi connectivity index (χ3n) is 5.56. The fraction of sp³-hybridized carbons (Fsp3) is 0.0833. The van der Waals surface area contributed by atoms with Gasteiger partial charge < -0.3 is 5.32 Å². The Morgan fingerprint density at radius 1 is 0.939 bits per heavy atom. The van der Waals surface area contributed by atoms with Crippen molar-refractivity contribution < 1.29 is 14.4 Å². The summed E-state index contributed by atoms with van der Waals surface area (Å²) in [6.07, 6.45) is 1.48. The van der Waals surface area contributed by atoms with Gasteiger partial charge in [-0.25, -0.2) is 4.68 Å². The first-order valence-corrected chi connectivity index (χ1v) is 10.2.